The molecule has 0 saturated carbocycles. The molecule has 1 unspecified atom stereocenters. The molecule has 2 N–H and O–H groups in total. The maximum absolute atomic E-state index is 6.10. The van der Waals surface area contributed by atoms with E-state index in [1.807, 2.05) is 32.0 Å². The molecule has 2 aromatic rings. The minimum Gasteiger partial charge on any atom is -0.496 e. The third-order valence-electron chi connectivity index (χ3n) is 2.71. The molecule has 0 radical (unpaired) electrons. The van der Waals surface area contributed by atoms with Crippen LogP contribution in [0.25, 0.3) is 10.9 Å². The fourth-order valence-corrected chi connectivity index (χ4v) is 2.15. The third-order valence-corrected chi connectivity index (χ3v) is 2.93. The van der Waals surface area contributed by atoms with Crippen molar-refractivity contribution < 1.29 is 4.74 Å². The second kappa shape index (κ2) is 4.51. The number of hydrogen-bond acceptors (Lipinski definition) is 3. The van der Waals surface area contributed by atoms with Crippen molar-refractivity contribution in [1.29, 1.82) is 0 Å². The Labute approximate surface area is 106 Å². The van der Waals surface area contributed by atoms with Gasteiger partial charge in [-0.05, 0) is 31.5 Å². The minimum atomic E-state index is -0.116. The van der Waals surface area contributed by atoms with Crippen LogP contribution in [0.1, 0.15) is 24.2 Å². The molecule has 90 valence electrons. The lowest BCUT2D eigenvalue weighted by molar-refractivity contribution is 0.419. The van der Waals surface area contributed by atoms with Crippen LogP contribution in [0.15, 0.2) is 18.2 Å². The number of benzene rings is 1. The number of halogens is 1. The van der Waals surface area contributed by atoms with Crippen LogP contribution in [0.4, 0.5) is 0 Å². The van der Waals surface area contributed by atoms with E-state index in [4.69, 9.17) is 22.1 Å². The lowest BCUT2D eigenvalue weighted by Gasteiger charge is -2.13. The van der Waals surface area contributed by atoms with Gasteiger partial charge >= 0.3 is 0 Å². The number of nitrogens with two attached hydrogens (primary N) is 1. The number of fused-ring (bicyclic) bond motifs is 1. The standard InChI is InChI=1S/C13H15ClN2O/c1-7-4-12(17-3)11-6-9(14)5-10(8(2)15)13(11)16-7/h4-6,8H,15H2,1-3H3. The quantitative estimate of drug-likeness (QED) is 0.890. The third kappa shape index (κ3) is 2.21. The largest absolute Gasteiger partial charge is 0.496 e. The van der Waals surface area contributed by atoms with Gasteiger partial charge in [0.2, 0.25) is 0 Å². The van der Waals surface area contributed by atoms with E-state index < -0.39 is 0 Å². The second-order valence-electron chi connectivity index (χ2n) is 4.15. The maximum atomic E-state index is 6.10. The number of aryl methyl sites for hydroxylation is 1. The summed E-state index contributed by atoms with van der Waals surface area (Å²) in [6.07, 6.45) is 0. The molecule has 0 aliphatic carbocycles. The van der Waals surface area contributed by atoms with Gasteiger partial charge in [-0.2, -0.15) is 0 Å². The first kappa shape index (κ1) is 12.1. The fraction of sp³-hybridized carbons (Fsp3) is 0.308. The van der Waals surface area contributed by atoms with Crippen molar-refractivity contribution in [2.75, 3.05) is 7.11 Å². The molecule has 0 aliphatic rings. The zero-order valence-corrected chi connectivity index (χ0v) is 10.9. The molecular formula is C13H15ClN2O. The molecule has 0 saturated heterocycles. The van der Waals surface area contributed by atoms with E-state index in [9.17, 15) is 0 Å². The Hall–Kier alpha value is -1.32. The van der Waals surface area contributed by atoms with Gasteiger partial charge in [0, 0.05) is 28.2 Å². The van der Waals surface area contributed by atoms with Crippen LogP contribution in [0.5, 0.6) is 5.75 Å². The maximum Gasteiger partial charge on any atom is 0.130 e. The van der Waals surface area contributed by atoms with Crippen LogP contribution in [-0.4, -0.2) is 12.1 Å². The van der Waals surface area contributed by atoms with E-state index in [0.29, 0.717) is 5.02 Å². The van der Waals surface area contributed by atoms with Gasteiger partial charge in [-0.3, -0.25) is 4.98 Å². The SMILES string of the molecule is COc1cc(C)nc2c(C(C)N)cc(Cl)cc12. The summed E-state index contributed by atoms with van der Waals surface area (Å²) >= 11 is 6.10. The van der Waals surface area contributed by atoms with Crippen LogP contribution >= 0.6 is 11.6 Å². The van der Waals surface area contributed by atoms with Crippen molar-refractivity contribution in [3.63, 3.8) is 0 Å². The zero-order chi connectivity index (χ0) is 12.6. The van der Waals surface area contributed by atoms with Crippen LogP contribution in [0.2, 0.25) is 5.02 Å². The fourth-order valence-electron chi connectivity index (χ4n) is 1.93. The molecule has 0 aliphatic heterocycles. The lowest BCUT2D eigenvalue weighted by Crippen LogP contribution is -2.07. The first-order chi connectivity index (χ1) is 8.02. The molecule has 0 spiro atoms. The Balaban J connectivity index is 2.88. The van der Waals surface area contributed by atoms with Crippen LogP contribution < -0.4 is 10.5 Å². The van der Waals surface area contributed by atoms with E-state index >= 15 is 0 Å². The summed E-state index contributed by atoms with van der Waals surface area (Å²) in [5.41, 5.74) is 8.65. The van der Waals surface area contributed by atoms with Crippen molar-refractivity contribution in [2.45, 2.75) is 19.9 Å². The molecule has 3 nitrogen and oxygen atoms in total. The monoisotopic (exact) mass is 250 g/mol. The van der Waals surface area contributed by atoms with Gasteiger partial charge in [-0.25, -0.2) is 0 Å². The molecule has 0 bridgehead atoms. The summed E-state index contributed by atoms with van der Waals surface area (Å²) in [6, 6.07) is 5.49. The number of pyridine rings is 1. The van der Waals surface area contributed by atoms with Gasteiger partial charge in [0.1, 0.15) is 5.75 Å². The number of aromatic nitrogens is 1. The van der Waals surface area contributed by atoms with Crippen molar-refractivity contribution in [3.8, 4) is 5.75 Å². The second-order valence-corrected chi connectivity index (χ2v) is 4.58. The highest BCUT2D eigenvalue weighted by atomic mass is 35.5. The number of methoxy groups -OCH3 is 1. The Bertz CT molecular complexity index is 567. The van der Waals surface area contributed by atoms with Crippen molar-refractivity contribution in [2.24, 2.45) is 5.73 Å². The van der Waals surface area contributed by atoms with Crippen LogP contribution in [0, 0.1) is 6.92 Å². The van der Waals surface area contributed by atoms with E-state index in [-0.39, 0.29) is 6.04 Å². The molecule has 1 aromatic heterocycles. The summed E-state index contributed by atoms with van der Waals surface area (Å²) in [5.74, 6) is 0.775. The summed E-state index contributed by atoms with van der Waals surface area (Å²) in [6.45, 7) is 3.85. The van der Waals surface area contributed by atoms with E-state index in [0.717, 1.165) is 27.9 Å². The normalized spacial score (nSPS) is 12.8. The average Bonchev–Trinajstić information content (AvgIpc) is 2.27. The van der Waals surface area contributed by atoms with Crippen molar-refractivity contribution >= 4 is 22.5 Å². The molecule has 2 rings (SSSR count). The first-order valence-electron chi connectivity index (χ1n) is 5.43. The molecule has 4 heteroatoms. The Morgan fingerprint density at radius 1 is 1.35 bits per heavy atom. The molecule has 0 fully saturated rings. The Morgan fingerprint density at radius 2 is 2.06 bits per heavy atom. The predicted octanol–water partition coefficient (Wildman–Crippen LogP) is 3.22. The van der Waals surface area contributed by atoms with Crippen LogP contribution in [0.3, 0.4) is 0 Å². The first-order valence-corrected chi connectivity index (χ1v) is 5.81. The average molecular weight is 251 g/mol. The number of ether oxygens (including phenoxy) is 1. The summed E-state index contributed by atoms with van der Waals surface area (Å²) in [4.78, 5) is 4.53. The van der Waals surface area contributed by atoms with Gasteiger partial charge in [-0.1, -0.05) is 11.6 Å². The Morgan fingerprint density at radius 3 is 2.65 bits per heavy atom. The molecule has 1 heterocycles. The highest BCUT2D eigenvalue weighted by Crippen LogP contribution is 2.32. The molecule has 1 aromatic carbocycles. The lowest BCUT2D eigenvalue weighted by atomic mass is 10.0. The predicted molar refractivity (Wildman–Crippen MR) is 70.6 cm³/mol. The van der Waals surface area contributed by atoms with E-state index in [2.05, 4.69) is 4.98 Å². The molecule has 0 amide bonds. The molecular weight excluding hydrogens is 236 g/mol. The summed E-state index contributed by atoms with van der Waals surface area (Å²) in [5, 5.41) is 1.55. The highest BCUT2D eigenvalue weighted by Gasteiger charge is 2.12. The van der Waals surface area contributed by atoms with E-state index in [1.165, 1.54) is 0 Å². The number of nitrogens with zero attached hydrogens (tertiary/aromatic N) is 1. The topological polar surface area (TPSA) is 48.1 Å². The minimum absolute atomic E-state index is 0.116. The summed E-state index contributed by atoms with van der Waals surface area (Å²) in [7, 11) is 1.64. The van der Waals surface area contributed by atoms with Gasteiger partial charge < -0.3 is 10.5 Å². The highest BCUT2D eigenvalue weighted by molar-refractivity contribution is 6.31. The van der Waals surface area contributed by atoms with E-state index in [1.54, 1.807) is 7.11 Å². The molecule has 17 heavy (non-hydrogen) atoms. The summed E-state index contributed by atoms with van der Waals surface area (Å²) < 4.78 is 5.36. The smallest absolute Gasteiger partial charge is 0.130 e. The molecule has 1 atom stereocenters. The Kier molecular flexibility index (Phi) is 3.22. The number of hydrogen-bond donors (Lipinski definition) is 1. The van der Waals surface area contributed by atoms with Gasteiger partial charge in [0.05, 0.1) is 12.6 Å². The van der Waals surface area contributed by atoms with Crippen molar-refractivity contribution in [3.05, 3.63) is 34.5 Å². The number of rotatable bonds is 2. The zero-order valence-electron chi connectivity index (χ0n) is 10.1. The van der Waals surface area contributed by atoms with Gasteiger partial charge in [-0.15, -0.1) is 0 Å². The van der Waals surface area contributed by atoms with Gasteiger partial charge in [0.15, 0.2) is 0 Å². The van der Waals surface area contributed by atoms with Crippen LogP contribution in [-0.2, 0) is 0 Å². The van der Waals surface area contributed by atoms with Gasteiger partial charge in [0.25, 0.3) is 0 Å². The van der Waals surface area contributed by atoms with Crippen molar-refractivity contribution in [1.82, 2.24) is 4.98 Å².